The minimum atomic E-state index is -0.910. The zero-order valence-electron chi connectivity index (χ0n) is 28.9. The number of nitrogens with zero attached hydrogens (tertiary/aromatic N) is 1. The number of non-ortho nitro benzene ring substituents is 1. The van der Waals surface area contributed by atoms with Crippen molar-refractivity contribution in [1.82, 2.24) is 10.6 Å². The average Bonchev–Trinajstić information content (AvgIpc) is 3.46. The number of nitrogens with two attached hydrogens (primary N) is 1. The van der Waals surface area contributed by atoms with E-state index in [1.54, 1.807) is 0 Å². The molecule has 0 radical (unpaired) electrons. The van der Waals surface area contributed by atoms with Gasteiger partial charge in [-0.2, -0.15) is 0 Å². The summed E-state index contributed by atoms with van der Waals surface area (Å²) in [5.74, 6) is 0.316. The molecule has 0 heterocycles. The second kappa shape index (κ2) is 18.0. The van der Waals surface area contributed by atoms with Gasteiger partial charge in [0.2, 0.25) is 0 Å². The van der Waals surface area contributed by atoms with Gasteiger partial charge in [0.25, 0.3) is 5.69 Å². The summed E-state index contributed by atoms with van der Waals surface area (Å²) >= 11 is 0. The maximum Gasteiger partial charge on any atom is 0.514 e. The molecule has 0 bridgehead atoms. The Morgan fingerprint density at radius 1 is 0.863 bits per heavy atom. The number of ether oxygens (including phenoxy) is 3. The second-order valence-corrected chi connectivity index (χ2v) is 12.8. The van der Waals surface area contributed by atoms with Crippen LogP contribution in [-0.4, -0.2) is 55.5 Å². The third kappa shape index (κ3) is 10.3. The quantitative estimate of drug-likeness (QED) is 0.0392. The number of rotatable bonds is 17. The number of amides is 1. The highest BCUT2D eigenvalue weighted by atomic mass is 16.7. The van der Waals surface area contributed by atoms with E-state index in [4.69, 9.17) is 19.9 Å². The van der Waals surface area contributed by atoms with Crippen LogP contribution in [0.2, 0.25) is 0 Å². The number of carbonyl (C=O) groups is 2. The lowest BCUT2D eigenvalue weighted by Crippen LogP contribution is -2.49. The topological polar surface area (TPSA) is 167 Å². The van der Waals surface area contributed by atoms with Crippen LogP contribution >= 0.6 is 0 Å². The van der Waals surface area contributed by atoms with Gasteiger partial charge in [0, 0.05) is 48.9 Å². The molecule has 12 heteroatoms. The molecule has 0 aliphatic heterocycles. The number of hydrogen-bond donors (Lipinski definition) is 4. The van der Waals surface area contributed by atoms with Gasteiger partial charge in [-0.05, 0) is 77.4 Å². The zero-order valence-corrected chi connectivity index (χ0v) is 28.9. The largest absolute Gasteiger partial charge is 0.514 e. The lowest BCUT2D eigenvalue weighted by atomic mass is 9.98. The van der Waals surface area contributed by atoms with Crippen LogP contribution in [0, 0.1) is 16.0 Å². The van der Waals surface area contributed by atoms with Crippen molar-refractivity contribution in [3.63, 3.8) is 0 Å². The molecule has 4 aromatic carbocycles. The van der Waals surface area contributed by atoms with Gasteiger partial charge in [-0.25, -0.2) is 9.59 Å². The SMILES string of the molecule is CC(C)[C@@H](CN[C@@H](CCCN)CNc1ccc(COC(=O)Oc2ccc([N+](=O)[O-])cc2)cc1)NC(=O)OCC1c2ccccc2-c2ccccc21. The number of hydrogen-bond acceptors (Lipinski definition) is 10. The number of anilines is 1. The molecule has 0 saturated carbocycles. The maximum atomic E-state index is 13.0. The molecule has 2 atom stereocenters. The highest BCUT2D eigenvalue weighted by Gasteiger charge is 2.29. The van der Waals surface area contributed by atoms with Crippen molar-refractivity contribution in [3.8, 4) is 16.9 Å². The summed E-state index contributed by atoms with van der Waals surface area (Å²) in [5, 5.41) is 20.9. The van der Waals surface area contributed by atoms with E-state index in [2.05, 4.69) is 54.1 Å². The second-order valence-electron chi connectivity index (χ2n) is 12.8. The Hall–Kier alpha value is -5.46. The normalized spacial score (nSPS) is 13.1. The van der Waals surface area contributed by atoms with Gasteiger partial charge >= 0.3 is 12.2 Å². The van der Waals surface area contributed by atoms with Gasteiger partial charge in [0.1, 0.15) is 19.0 Å². The molecule has 1 amide bonds. The lowest BCUT2D eigenvalue weighted by molar-refractivity contribution is -0.384. The van der Waals surface area contributed by atoms with Gasteiger partial charge in [-0.3, -0.25) is 10.1 Å². The summed E-state index contributed by atoms with van der Waals surface area (Å²) in [6.45, 7) is 6.18. The average molecular weight is 696 g/mol. The molecule has 0 aromatic heterocycles. The van der Waals surface area contributed by atoms with Gasteiger partial charge < -0.3 is 35.9 Å². The van der Waals surface area contributed by atoms with Crippen LogP contribution in [0.4, 0.5) is 21.0 Å². The van der Waals surface area contributed by atoms with E-state index < -0.39 is 17.2 Å². The third-order valence-corrected chi connectivity index (χ3v) is 8.95. The Morgan fingerprint density at radius 3 is 2.12 bits per heavy atom. The Balaban J connectivity index is 1.07. The standard InChI is InChI=1S/C39H45N5O7/c1-26(2)37(43-38(45)49-25-36-34-11-5-3-9-32(34)33-10-4-6-12-35(33)36)23-42-29(8-7-21-40)22-41-28-15-13-27(14-16-28)24-50-39(46)51-31-19-17-30(18-20-31)44(47)48/h3-6,9-20,26,29,36-37,41-42H,7-8,21-25,40H2,1-2H3,(H,43,45)/t29-,37+/m0/s1. The predicted molar refractivity (Wildman–Crippen MR) is 196 cm³/mol. The van der Waals surface area contributed by atoms with Gasteiger partial charge in [0.05, 0.1) is 4.92 Å². The summed E-state index contributed by atoms with van der Waals surface area (Å²) in [6.07, 6.45) is 0.352. The Morgan fingerprint density at radius 2 is 1.51 bits per heavy atom. The Bertz CT molecular complexity index is 1720. The van der Waals surface area contributed by atoms with Crippen LogP contribution in [0.15, 0.2) is 97.1 Å². The molecule has 4 aromatic rings. The van der Waals surface area contributed by atoms with E-state index in [1.807, 2.05) is 48.5 Å². The highest BCUT2D eigenvalue weighted by molar-refractivity contribution is 5.79. The van der Waals surface area contributed by atoms with E-state index in [0.717, 1.165) is 24.1 Å². The number of alkyl carbamates (subject to hydrolysis) is 1. The third-order valence-electron chi connectivity index (χ3n) is 8.95. The van der Waals surface area contributed by atoms with Crippen molar-refractivity contribution in [2.24, 2.45) is 11.7 Å². The first-order valence-electron chi connectivity index (χ1n) is 17.2. The van der Waals surface area contributed by atoms with Gasteiger partial charge in [-0.15, -0.1) is 0 Å². The van der Waals surface area contributed by atoms with Crippen LogP contribution < -0.4 is 26.4 Å². The van der Waals surface area contributed by atoms with Crippen molar-refractivity contribution >= 4 is 23.6 Å². The monoisotopic (exact) mass is 695 g/mol. The van der Waals surface area contributed by atoms with E-state index in [1.165, 1.54) is 46.5 Å². The summed E-state index contributed by atoms with van der Waals surface area (Å²) in [7, 11) is 0. The maximum absolute atomic E-state index is 13.0. The summed E-state index contributed by atoms with van der Waals surface area (Å²) in [6, 6.07) is 29.1. The van der Waals surface area contributed by atoms with E-state index in [0.29, 0.717) is 19.6 Å². The minimum absolute atomic E-state index is 0.0000410. The molecule has 0 unspecified atom stereocenters. The molecule has 5 N–H and O–H groups in total. The molecule has 0 saturated heterocycles. The van der Waals surface area contributed by atoms with Crippen molar-refractivity contribution in [3.05, 3.63) is 124 Å². The summed E-state index contributed by atoms with van der Waals surface area (Å²) in [5.41, 5.74) is 12.1. The van der Waals surface area contributed by atoms with Crippen LogP contribution in [0.1, 0.15) is 49.3 Å². The number of nitro benzene ring substituents is 1. The summed E-state index contributed by atoms with van der Waals surface area (Å²) < 4.78 is 16.1. The fourth-order valence-electron chi connectivity index (χ4n) is 6.04. The van der Waals surface area contributed by atoms with E-state index in [9.17, 15) is 19.7 Å². The zero-order chi connectivity index (χ0) is 36.2. The molecule has 0 spiro atoms. The molecule has 268 valence electrons. The number of carbonyl (C=O) groups excluding carboxylic acids is 2. The molecule has 12 nitrogen and oxygen atoms in total. The molecule has 5 rings (SSSR count). The Kier molecular flexibility index (Phi) is 13.0. The number of nitrogens with one attached hydrogen (secondary N) is 3. The fourth-order valence-corrected chi connectivity index (χ4v) is 6.04. The molecule has 51 heavy (non-hydrogen) atoms. The number of fused-ring (bicyclic) bond motifs is 3. The van der Waals surface area contributed by atoms with Gasteiger partial charge in [-0.1, -0.05) is 74.5 Å². The van der Waals surface area contributed by atoms with Crippen molar-refractivity contribution in [1.29, 1.82) is 0 Å². The van der Waals surface area contributed by atoms with E-state index >= 15 is 0 Å². The first-order valence-corrected chi connectivity index (χ1v) is 17.2. The van der Waals surface area contributed by atoms with Gasteiger partial charge in [0.15, 0.2) is 0 Å². The van der Waals surface area contributed by atoms with Crippen molar-refractivity contribution < 1.29 is 28.7 Å². The van der Waals surface area contributed by atoms with Crippen molar-refractivity contribution in [2.75, 3.05) is 31.6 Å². The molecule has 1 aliphatic rings. The minimum Gasteiger partial charge on any atom is -0.449 e. The van der Waals surface area contributed by atoms with Crippen molar-refractivity contribution in [2.45, 2.75) is 51.3 Å². The fraction of sp³-hybridized carbons (Fsp3) is 0.333. The Labute approximate surface area is 297 Å². The van der Waals surface area contributed by atoms with Crippen LogP contribution in [0.5, 0.6) is 5.75 Å². The van der Waals surface area contributed by atoms with E-state index in [-0.39, 0.29) is 48.6 Å². The first kappa shape index (κ1) is 36.8. The lowest BCUT2D eigenvalue weighted by Gasteiger charge is -2.27. The van der Waals surface area contributed by atoms with Crippen LogP contribution in [0.3, 0.4) is 0 Å². The van der Waals surface area contributed by atoms with Crippen LogP contribution in [0.25, 0.3) is 11.1 Å². The molecular formula is C39H45N5O7. The summed E-state index contributed by atoms with van der Waals surface area (Å²) in [4.78, 5) is 35.4. The number of benzene rings is 4. The molecule has 1 aliphatic carbocycles. The molecular weight excluding hydrogens is 650 g/mol. The smallest absolute Gasteiger partial charge is 0.449 e. The molecule has 0 fully saturated rings. The number of nitro groups is 1. The van der Waals surface area contributed by atoms with Crippen LogP contribution in [-0.2, 0) is 16.1 Å². The highest BCUT2D eigenvalue weighted by Crippen LogP contribution is 2.44. The predicted octanol–water partition coefficient (Wildman–Crippen LogP) is 6.98. The first-order chi connectivity index (χ1) is 24.7.